The van der Waals surface area contributed by atoms with E-state index in [4.69, 9.17) is 5.11 Å². The molecule has 0 aromatic carbocycles. The maximum absolute atomic E-state index is 10.8. The Balaban J connectivity index is 2.69. The number of hydrogen-bond donors (Lipinski definition) is 1. The SMILES string of the molecule is O=C(OCO)c1cccnc1. The van der Waals surface area contributed by atoms with E-state index in [0.717, 1.165) is 0 Å². The molecule has 0 atom stereocenters. The molecule has 0 radical (unpaired) electrons. The van der Waals surface area contributed by atoms with E-state index in [1.807, 2.05) is 0 Å². The van der Waals surface area contributed by atoms with Gasteiger partial charge in [-0.15, -0.1) is 0 Å². The smallest absolute Gasteiger partial charge is 0.341 e. The fraction of sp³-hybridized carbons (Fsp3) is 0.143. The van der Waals surface area contributed by atoms with Gasteiger partial charge in [-0.1, -0.05) is 0 Å². The largest absolute Gasteiger partial charge is 0.435 e. The molecule has 0 unspecified atom stereocenters. The van der Waals surface area contributed by atoms with Crippen LogP contribution in [-0.4, -0.2) is 22.9 Å². The predicted molar refractivity (Wildman–Crippen MR) is 36.7 cm³/mol. The molecule has 0 fully saturated rings. The predicted octanol–water partition coefficient (Wildman–Crippen LogP) is 0.188. The molecule has 1 N–H and O–H groups in total. The summed E-state index contributed by atoms with van der Waals surface area (Å²) >= 11 is 0. The number of esters is 1. The second kappa shape index (κ2) is 3.68. The zero-order valence-corrected chi connectivity index (χ0v) is 5.73. The number of carbonyl (C=O) groups is 1. The number of hydrogen-bond acceptors (Lipinski definition) is 4. The summed E-state index contributed by atoms with van der Waals surface area (Å²) in [5.74, 6) is -0.569. The first-order chi connectivity index (χ1) is 5.34. The van der Waals surface area contributed by atoms with Crippen molar-refractivity contribution in [1.82, 2.24) is 4.98 Å². The number of aromatic nitrogens is 1. The lowest BCUT2D eigenvalue weighted by Crippen LogP contribution is -2.05. The summed E-state index contributed by atoms with van der Waals surface area (Å²) in [5.41, 5.74) is 0.335. The maximum Gasteiger partial charge on any atom is 0.341 e. The number of aliphatic hydroxyl groups excluding tert-OH is 1. The second-order valence-electron chi connectivity index (χ2n) is 1.80. The lowest BCUT2D eigenvalue weighted by molar-refractivity contribution is 0.00680. The molecule has 0 spiro atoms. The first-order valence-electron chi connectivity index (χ1n) is 3.02. The van der Waals surface area contributed by atoms with Crippen molar-refractivity contribution in [2.45, 2.75) is 0 Å². The zero-order chi connectivity index (χ0) is 8.10. The summed E-state index contributed by atoms with van der Waals surface area (Å²) in [6.45, 7) is -0.603. The minimum atomic E-state index is -0.603. The fourth-order valence-corrected chi connectivity index (χ4v) is 0.625. The Labute approximate surface area is 63.5 Å². The van der Waals surface area contributed by atoms with E-state index < -0.39 is 12.8 Å². The summed E-state index contributed by atoms with van der Waals surface area (Å²) in [6, 6.07) is 3.18. The van der Waals surface area contributed by atoms with Crippen molar-refractivity contribution in [2.24, 2.45) is 0 Å². The van der Waals surface area contributed by atoms with Gasteiger partial charge in [0.15, 0.2) is 6.79 Å². The third-order valence-corrected chi connectivity index (χ3v) is 1.09. The molecule has 0 aliphatic rings. The molecule has 4 nitrogen and oxygen atoms in total. The number of rotatable bonds is 2. The Bertz CT molecular complexity index is 235. The van der Waals surface area contributed by atoms with Gasteiger partial charge in [-0.25, -0.2) is 4.79 Å². The monoisotopic (exact) mass is 153 g/mol. The van der Waals surface area contributed by atoms with Crippen molar-refractivity contribution in [3.05, 3.63) is 30.1 Å². The van der Waals surface area contributed by atoms with Gasteiger partial charge in [0.1, 0.15) is 0 Å². The van der Waals surface area contributed by atoms with Crippen LogP contribution in [0.15, 0.2) is 24.5 Å². The second-order valence-corrected chi connectivity index (χ2v) is 1.80. The first-order valence-corrected chi connectivity index (χ1v) is 3.02. The van der Waals surface area contributed by atoms with E-state index in [9.17, 15) is 4.79 Å². The number of nitrogens with zero attached hydrogens (tertiary/aromatic N) is 1. The van der Waals surface area contributed by atoms with Crippen LogP contribution in [0.2, 0.25) is 0 Å². The van der Waals surface area contributed by atoms with Crippen LogP contribution in [0.3, 0.4) is 0 Å². The van der Waals surface area contributed by atoms with E-state index in [-0.39, 0.29) is 0 Å². The lowest BCUT2D eigenvalue weighted by atomic mass is 10.3. The Morgan fingerprint density at radius 2 is 2.55 bits per heavy atom. The van der Waals surface area contributed by atoms with Gasteiger partial charge < -0.3 is 9.84 Å². The average Bonchev–Trinajstić information content (AvgIpc) is 2.07. The molecule has 0 saturated heterocycles. The van der Waals surface area contributed by atoms with Gasteiger partial charge in [0.2, 0.25) is 0 Å². The average molecular weight is 153 g/mol. The van der Waals surface area contributed by atoms with Crippen molar-refractivity contribution in [1.29, 1.82) is 0 Å². The number of carbonyl (C=O) groups excluding carboxylic acids is 1. The lowest BCUT2D eigenvalue weighted by Gasteiger charge is -1.97. The standard InChI is InChI=1S/C7H7NO3/c9-5-11-7(10)6-2-1-3-8-4-6/h1-4,9H,5H2. The molecule has 1 rings (SSSR count). The third-order valence-electron chi connectivity index (χ3n) is 1.09. The Hall–Kier alpha value is -1.42. The molecule has 0 bridgehead atoms. The van der Waals surface area contributed by atoms with Gasteiger partial charge in [0.05, 0.1) is 5.56 Å². The van der Waals surface area contributed by atoms with Crippen LogP contribution in [0.4, 0.5) is 0 Å². The van der Waals surface area contributed by atoms with E-state index >= 15 is 0 Å². The number of ether oxygens (including phenoxy) is 1. The molecule has 1 aromatic rings. The summed E-state index contributed by atoms with van der Waals surface area (Å²) in [4.78, 5) is 14.5. The highest BCUT2D eigenvalue weighted by Gasteiger charge is 2.03. The molecule has 0 saturated carbocycles. The van der Waals surface area contributed by atoms with Crippen LogP contribution in [0.5, 0.6) is 0 Å². The molecular weight excluding hydrogens is 146 g/mol. The number of pyridine rings is 1. The highest BCUT2D eigenvalue weighted by Crippen LogP contribution is 1.97. The Kier molecular flexibility index (Phi) is 2.57. The van der Waals surface area contributed by atoms with Gasteiger partial charge in [-0.3, -0.25) is 4.98 Å². The molecule has 58 valence electrons. The quantitative estimate of drug-likeness (QED) is 0.486. The first kappa shape index (κ1) is 7.68. The van der Waals surface area contributed by atoms with E-state index in [0.29, 0.717) is 5.56 Å². The van der Waals surface area contributed by atoms with Gasteiger partial charge >= 0.3 is 5.97 Å². The third kappa shape index (κ3) is 2.01. The Morgan fingerprint density at radius 3 is 3.09 bits per heavy atom. The van der Waals surface area contributed by atoms with Crippen LogP contribution < -0.4 is 0 Å². The molecular formula is C7H7NO3. The van der Waals surface area contributed by atoms with Crippen LogP contribution in [0.1, 0.15) is 10.4 Å². The highest BCUT2D eigenvalue weighted by atomic mass is 16.6. The van der Waals surface area contributed by atoms with Gasteiger partial charge in [0.25, 0.3) is 0 Å². The normalized spacial score (nSPS) is 9.18. The van der Waals surface area contributed by atoms with Crippen molar-refractivity contribution < 1.29 is 14.6 Å². The van der Waals surface area contributed by atoms with E-state index in [1.165, 1.54) is 6.20 Å². The van der Waals surface area contributed by atoms with Gasteiger partial charge in [-0.05, 0) is 12.1 Å². The summed E-state index contributed by atoms with van der Waals surface area (Å²) < 4.78 is 4.30. The molecule has 11 heavy (non-hydrogen) atoms. The minimum Gasteiger partial charge on any atom is -0.435 e. The zero-order valence-electron chi connectivity index (χ0n) is 5.73. The van der Waals surface area contributed by atoms with Crippen LogP contribution >= 0.6 is 0 Å². The minimum absolute atomic E-state index is 0.335. The van der Waals surface area contributed by atoms with Crippen LogP contribution in [0, 0.1) is 0 Å². The fourth-order valence-electron chi connectivity index (χ4n) is 0.625. The number of aliphatic hydroxyl groups is 1. The molecule has 0 amide bonds. The van der Waals surface area contributed by atoms with Crippen molar-refractivity contribution in [3.8, 4) is 0 Å². The summed E-state index contributed by atoms with van der Waals surface area (Å²) in [7, 11) is 0. The van der Waals surface area contributed by atoms with Crippen molar-refractivity contribution in [3.63, 3.8) is 0 Å². The highest BCUT2D eigenvalue weighted by molar-refractivity contribution is 5.88. The Morgan fingerprint density at radius 1 is 1.73 bits per heavy atom. The van der Waals surface area contributed by atoms with Crippen molar-refractivity contribution >= 4 is 5.97 Å². The molecule has 1 aromatic heterocycles. The van der Waals surface area contributed by atoms with E-state index in [1.54, 1.807) is 18.3 Å². The molecule has 4 heteroatoms. The van der Waals surface area contributed by atoms with E-state index in [2.05, 4.69) is 9.72 Å². The molecule has 1 heterocycles. The molecule has 0 aliphatic heterocycles. The van der Waals surface area contributed by atoms with Gasteiger partial charge in [-0.2, -0.15) is 0 Å². The van der Waals surface area contributed by atoms with Crippen molar-refractivity contribution in [2.75, 3.05) is 6.79 Å². The summed E-state index contributed by atoms with van der Waals surface area (Å²) in [6.07, 6.45) is 2.92. The topological polar surface area (TPSA) is 59.4 Å². The maximum atomic E-state index is 10.8. The summed E-state index contributed by atoms with van der Waals surface area (Å²) in [5, 5.41) is 8.23. The van der Waals surface area contributed by atoms with Gasteiger partial charge in [0, 0.05) is 12.4 Å². The van der Waals surface area contributed by atoms with Crippen LogP contribution in [-0.2, 0) is 4.74 Å². The van der Waals surface area contributed by atoms with Crippen LogP contribution in [0.25, 0.3) is 0 Å². The molecule has 0 aliphatic carbocycles.